The van der Waals surface area contributed by atoms with Gasteiger partial charge in [0.1, 0.15) is 0 Å². The molecule has 1 nitrogen and oxygen atoms in total. The highest BCUT2D eigenvalue weighted by Crippen LogP contribution is 2.31. The zero-order valence-corrected chi connectivity index (χ0v) is 11.8. The molecule has 0 unspecified atom stereocenters. The van der Waals surface area contributed by atoms with Gasteiger partial charge in [-0.3, -0.25) is 0 Å². The number of rotatable bonds is 8. The third-order valence-electron chi connectivity index (χ3n) is 3.04. The maximum absolute atomic E-state index is 6.13. The van der Waals surface area contributed by atoms with Gasteiger partial charge in [-0.15, -0.1) is 23.2 Å². The minimum Gasteiger partial charge on any atom is -0.385 e. The fourth-order valence-electron chi connectivity index (χ4n) is 1.97. The molecule has 0 fully saturated rings. The molecule has 0 heterocycles. The lowest BCUT2D eigenvalue weighted by Gasteiger charge is -2.29. The molecular weight excluding hydrogens is 255 g/mol. The van der Waals surface area contributed by atoms with Crippen LogP contribution in [-0.2, 0) is 11.2 Å². The molecule has 0 saturated heterocycles. The molecule has 0 bridgehead atoms. The Morgan fingerprint density at radius 2 is 1.76 bits per heavy atom. The van der Waals surface area contributed by atoms with Gasteiger partial charge in [-0.25, -0.2) is 0 Å². The molecule has 96 valence electrons. The summed E-state index contributed by atoms with van der Waals surface area (Å²) in [6.07, 6.45) is 2.94. The molecule has 1 rings (SSSR count). The average molecular weight is 275 g/mol. The summed E-state index contributed by atoms with van der Waals surface area (Å²) in [6, 6.07) is 10.4. The Kier molecular flexibility index (Phi) is 6.94. The summed E-state index contributed by atoms with van der Waals surface area (Å²) in [5.41, 5.74) is 1.29. The van der Waals surface area contributed by atoms with Gasteiger partial charge in [-0.2, -0.15) is 0 Å². The van der Waals surface area contributed by atoms with E-state index in [1.54, 1.807) is 7.11 Å². The van der Waals surface area contributed by atoms with Crippen molar-refractivity contribution in [2.24, 2.45) is 5.41 Å². The van der Waals surface area contributed by atoms with Crippen LogP contribution >= 0.6 is 23.2 Å². The van der Waals surface area contributed by atoms with E-state index in [-0.39, 0.29) is 5.41 Å². The third kappa shape index (κ3) is 4.87. The topological polar surface area (TPSA) is 9.23 Å². The first kappa shape index (κ1) is 14.8. The van der Waals surface area contributed by atoms with Crippen LogP contribution in [0.4, 0.5) is 0 Å². The van der Waals surface area contributed by atoms with E-state index < -0.39 is 0 Å². The first-order valence-corrected chi connectivity index (χ1v) is 6.98. The van der Waals surface area contributed by atoms with E-state index >= 15 is 0 Å². The monoisotopic (exact) mass is 274 g/mol. The Morgan fingerprint density at radius 1 is 1.12 bits per heavy atom. The Hall–Kier alpha value is -0.240. The van der Waals surface area contributed by atoms with E-state index in [0.29, 0.717) is 11.8 Å². The van der Waals surface area contributed by atoms with Gasteiger partial charge in [0.2, 0.25) is 0 Å². The van der Waals surface area contributed by atoms with Crippen LogP contribution in [0.2, 0.25) is 0 Å². The molecule has 0 amide bonds. The highest BCUT2D eigenvalue weighted by atomic mass is 35.5. The first-order chi connectivity index (χ1) is 8.26. The van der Waals surface area contributed by atoms with E-state index in [4.69, 9.17) is 27.9 Å². The molecule has 0 radical (unpaired) electrons. The summed E-state index contributed by atoms with van der Waals surface area (Å²) in [7, 11) is 1.72. The highest BCUT2D eigenvalue weighted by Gasteiger charge is 2.28. The van der Waals surface area contributed by atoms with Crippen LogP contribution in [0.25, 0.3) is 0 Å². The van der Waals surface area contributed by atoms with Crippen LogP contribution in [0.3, 0.4) is 0 Å². The fraction of sp³-hybridized carbons (Fsp3) is 0.571. The van der Waals surface area contributed by atoms with Crippen LogP contribution in [0.5, 0.6) is 0 Å². The van der Waals surface area contributed by atoms with Gasteiger partial charge in [0.25, 0.3) is 0 Å². The van der Waals surface area contributed by atoms with E-state index in [1.165, 1.54) is 5.56 Å². The van der Waals surface area contributed by atoms with Gasteiger partial charge in [-0.05, 0) is 24.8 Å². The standard InChI is InChI=1S/C14H20Cl2O/c1-17-9-5-8-14(11-15,12-16)10-13-6-3-2-4-7-13/h2-4,6-7H,5,8-12H2,1H3. The molecule has 17 heavy (non-hydrogen) atoms. The van der Waals surface area contributed by atoms with Crippen LogP contribution in [0.1, 0.15) is 18.4 Å². The molecule has 0 spiro atoms. The second-order valence-corrected chi connectivity index (χ2v) is 5.06. The van der Waals surface area contributed by atoms with Crippen LogP contribution < -0.4 is 0 Å². The molecule has 1 aromatic carbocycles. The van der Waals surface area contributed by atoms with Crippen molar-refractivity contribution >= 4 is 23.2 Å². The molecule has 0 aliphatic rings. The van der Waals surface area contributed by atoms with Crippen LogP contribution in [0, 0.1) is 5.41 Å². The number of benzene rings is 1. The van der Waals surface area contributed by atoms with Crippen molar-refractivity contribution in [3.05, 3.63) is 35.9 Å². The van der Waals surface area contributed by atoms with Crippen molar-refractivity contribution in [1.29, 1.82) is 0 Å². The maximum Gasteiger partial charge on any atom is 0.0462 e. The molecule has 0 aromatic heterocycles. The molecule has 0 N–H and O–H groups in total. The molecule has 3 heteroatoms. The lowest BCUT2D eigenvalue weighted by molar-refractivity contribution is 0.176. The van der Waals surface area contributed by atoms with Gasteiger partial charge in [0.15, 0.2) is 0 Å². The molecule has 0 aliphatic carbocycles. The molecule has 0 aliphatic heterocycles. The van der Waals surface area contributed by atoms with Crippen molar-refractivity contribution in [3.63, 3.8) is 0 Å². The van der Waals surface area contributed by atoms with Crippen LogP contribution in [-0.4, -0.2) is 25.5 Å². The first-order valence-electron chi connectivity index (χ1n) is 5.91. The number of alkyl halides is 2. The predicted molar refractivity (Wildman–Crippen MR) is 75.1 cm³/mol. The fourth-order valence-corrected chi connectivity index (χ4v) is 2.71. The van der Waals surface area contributed by atoms with Crippen molar-refractivity contribution in [1.82, 2.24) is 0 Å². The van der Waals surface area contributed by atoms with Gasteiger partial charge in [0, 0.05) is 30.9 Å². The number of methoxy groups -OCH3 is 1. The molecule has 1 aromatic rings. The summed E-state index contributed by atoms with van der Waals surface area (Å²) in [5, 5.41) is 0. The molecule has 0 atom stereocenters. The smallest absolute Gasteiger partial charge is 0.0462 e. The number of halogens is 2. The van der Waals surface area contributed by atoms with Crippen molar-refractivity contribution in [2.45, 2.75) is 19.3 Å². The average Bonchev–Trinajstić information content (AvgIpc) is 2.39. The van der Waals surface area contributed by atoms with E-state index in [2.05, 4.69) is 24.3 Å². The summed E-state index contributed by atoms with van der Waals surface area (Å²) in [5.74, 6) is 1.18. The quantitative estimate of drug-likeness (QED) is 0.512. The van der Waals surface area contributed by atoms with Gasteiger partial charge < -0.3 is 4.74 Å². The minimum absolute atomic E-state index is 0.0109. The SMILES string of the molecule is COCCCC(CCl)(CCl)Cc1ccccc1. The predicted octanol–water partition coefficient (Wildman–Crippen LogP) is 4.12. The zero-order valence-electron chi connectivity index (χ0n) is 10.3. The van der Waals surface area contributed by atoms with E-state index in [1.807, 2.05) is 6.07 Å². The van der Waals surface area contributed by atoms with E-state index in [0.717, 1.165) is 25.9 Å². The van der Waals surface area contributed by atoms with Gasteiger partial charge in [-0.1, -0.05) is 30.3 Å². The van der Waals surface area contributed by atoms with Crippen molar-refractivity contribution in [3.8, 4) is 0 Å². The normalized spacial score (nSPS) is 11.7. The summed E-state index contributed by atoms with van der Waals surface area (Å²) in [4.78, 5) is 0. The summed E-state index contributed by atoms with van der Waals surface area (Å²) in [6.45, 7) is 0.768. The zero-order chi connectivity index (χ0) is 12.6. The van der Waals surface area contributed by atoms with E-state index in [9.17, 15) is 0 Å². The van der Waals surface area contributed by atoms with Crippen molar-refractivity contribution < 1.29 is 4.74 Å². The molecule has 0 saturated carbocycles. The number of hydrogen-bond acceptors (Lipinski definition) is 1. The van der Waals surface area contributed by atoms with Gasteiger partial charge >= 0.3 is 0 Å². The highest BCUT2D eigenvalue weighted by molar-refractivity contribution is 6.21. The lowest BCUT2D eigenvalue weighted by atomic mass is 9.81. The second-order valence-electron chi connectivity index (χ2n) is 4.53. The molecular formula is C14H20Cl2O. The minimum atomic E-state index is -0.0109. The summed E-state index contributed by atoms with van der Waals surface area (Å²) >= 11 is 12.3. The third-order valence-corrected chi connectivity index (χ3v) is 4.18. The van der Waals surface area contributed by atoms with Crippen molar-refractivity contribution in [2.75, 3.05) is 25.5 Å². The van der Waals surface area contributed by atoms with Gasteiger partial charge in [0.05, 0.1) is 0 Å². The lowest BCUT2D eigenvalue weighted by Crippen LogP contribution is -2.28. The van der Waals surface area contributed by atoms with Crippen LogP contribution in [0.15, 0.2) is 30.3 Å². The maximum atomic E-state index is 6.13. The summed E-state index contributed by atoms with van der Waals surface area (Å²) < 4.78 is 5.09. The Morgan fingerprint density at radius 3 is 2.29 bits per heavy atom. The Bertz CT molecular complexity index is 296. The largest absolute Gasteiger partial charge is 0.385 e. The Labute approximate surface area is 114 Å². The second kappa shape index (κ2) is 7.97. The number of hydrogen-bond donors (Lipinski definition) is 0. The Balaban J connectivity index is 2.63. The number of ether oxygens (including phenoxy) is 1.